The van der Waals surface area contributed by atoms with Crippen LogP contribution in [0.1, 0.15) is 130 Å². The summed E-state index contributed by atoms with van der Waals surface area (Å²) in [4.78, 5) is 16.0. The van der Waals surface area contributed by atoms with Crippen LogP contribution in [0.2, 0.25) is 0 Å². The molecule has 0 spiro atoms. The Kier molecular flexibility index (Phi) is 8.69. The Morgan fingerprint density at radius 2 is 1.21 bits per heavy atom. The second-order valence-corrected chi connectivity index (χ2v) is 23.5. The number of thiophene rings is 1. The minimum Gasteiger partial charge on any atom is -0.438 e. The third-order valence-corrected chi connectivity index (χ3v) is 16.5. The van der Waals surface area contributed by atoms with Crippen molar-refractivity contribution in [1.82, 2.24) is 9.97 Å². The quantitative estimate of drug-likeness (QED) is 0.165. The fourth-order valence-corrected chi connectivity index (χ4v) is 12.4. The average molecular weight is 847 g/mol. The van der Waals surface area contributed by atoms with Crippen molar-refractivity contribution in [3.8, 4) is 11.6 Å². The van der Waals surface area contributed by atoms with Crippen LogP contribution < -0.4 is 30.2 Å². The van der Waals surface area contributed by atoms with Gasteiger partial charge in [-0.2, -0.15) is 9.97 Å². The first-order valence-corrected chi connectivity index (χ1v) is 23.9. The smallest absolute Gasteiger partial charge is 0.273 e. The highest BCUT2D eigenvalue weighted by molar-refractivity contribution is 7.33. The second kappa shape index (κ2) is 13.6. The van der Waals surface area contributed by atoms with E-state index >= 15 is 0 Å². The molecule has 0 bridgehead atoms. The third kappa shape index (κ3) is 6.23. The fourth-order valence-electron chi connectivity index (χ4n) is 11.1. The van der Waals surface area contributed by atoms with Crippen molar-refractivity contribution in [3.05, 3.63) is 137 Å². The molecule has 0 atom stereocenters. The molecule has 11 rings (SSSR count). The summed E-state index contributed by atoms with van der Waals surface area (Å²) in [6.45, 7) is 26.2. The van der Waals surface area contributed by atoms with Gasteiger partial charge in [-0.25, -0.2) is 0 Å². The molecule has 7 aromatic rings. The number of fused-ring (bicyclic) bond motifs is 8. The highest BCUT2D eigenvalue weighted by Crippen LogP contribution is 2.52. The van der Waals surface area contributed by atoms with Crippen LogP contribution in [0.3, 0.4) is 0 Å². The van der Waals surface area contributed by atoms with Gasteiger partial charge in [0.25, 0.3) is 6.71 Å². The molecule has 7 heteroatoms. The first kappa shape index (κ1) is 40.4. The number of rotatable bonds is 4. The predicted octanol–water partition coefficient (Wildman–Crippen LogP) is 13.6. The number of hydrogen-bond acceptors (Lipinski definition) is 6. The zero-order valence-corrected chi connectivity index (χ0v) is 39.7. The molecule has 5 nitrogen and oxygen atoms in total. The number of aromatic nitrogens is 2. The first-order valence-electron chi connectivity index (χ1n) is 23.0. The van der Waals surface area contributed by atoms with Crippen LogP contribution >= 0.6 is 11.3 Å². The van der Waals surface area contributed by atoms with Crippen LogP contribution in [0, 0.1) is 0 Å². The number of ether oxygens (including phenoxy) is 1. The highest BCUT2D eigenvalue weighted by Gasteiger charge is 2.49. The lowest BCUT2D eigenvalue weighted by molar-refractivity contribution is 0.332. The van der Waals surface area contributed by atoms with E-state index < -0.39 is 0 Å². The van der Waals surface area contributed by atoms with E-state index in [9.17, 15) is 0 Å². The molecular formula is C56H59BN4OS. The lowest BCUT2D eigenvalue weighted by Crippen LogP contribution is -2.59. The number of hydrogen-bond donors (Lipinski definition) is 0. The molecule has 4 heterocycles. The molecule has 318 valence electrons. The van der Waals surface area contributed by atoms with Crippen molar-refractivity contribution in [2.75, 3.05) is 9.80 Å². The van der Waals surface area contributed by atoms with E-state index in [1.54, 1.807) is 0 Å². The SMILES string of the molecule is CC(C)(C)c1ccc2c3c(sc2c1)B1c2cc4c(cc2N(c2ccc5c(c2)C(C)(C)CCC5(C)C)c2nc(N(c5ccccc5)c5ccccc5)nc(c21)O3)C(C)(C)CCC4(C)C. The molecule has 0 amide bonds. The van der Waals surface area contributed by atoms with E-state index in [1.165, 1.54) is 54.9 Å². The Balaban J connectivity index is 1.26. The van der Waals surface area contributed by atoms with Crippen molar-refractivity contribution >= 4 is 78.4 Å². The predicted molar refractivity (Wildman–Crippen MR) is 267 cm³/mol. The van der Waals surface area contributed by atoms with Crippen molar-refractivity contribution in [3.63, 3.8) is 0 Å². The zero-order valence-electron chi connectivity index (χ0n) is 38.9. The van der Waals surface area contributed by atoms with Gasteiger partial charge in [0.05, 0.1) is 0 Å². The molecule has 2 aliphatic heterocycles. The number of nitrogens with zero attached hydrogens (tertiary/aromatic N) is 4. The van der Waals surface area contributed by atoms with Crippen molar-refractivity contribution in [2.45, 2.75) is 129 Å². The minimum atomic E-state index is -0.115. The summed E-state index contributed by atoms with van der Waals surface area (Å²) in [5.41, 5.74) is 13.9. The maximum atomic E-state index is 7.31. The van der Waals surface area contributed by atoms with E-state index in [2.05, 4.69) is 195 Å². The molecule has 2 aromatic heterocycles. The first-order chi connectivity index (χ1) is 29.8. The Hall–Kier alpha value is -5.40. The Bertz CT molecular complexity index is 2960. The summed E-state index contributed by atoms with van der Waals surface area (Å²) < 4.78 is 9.78. The standard InChI is InChI=1S/C56H59BN4OS/c1-52(2,3)34-22-24-38-45(30-34)63-48-47(38)62-50-46-49(58-51(59-50)60(35-18-14-12-15-19-35)36-20-16-13-17-21-36)61(37-23-25-39-40(31-37)54(6,7)27-26-53(39,4)5)44-33-42-41(32-43(44)57(46)48)55(8,9)28-29-56(42,10)11/h12-25,30-33H,26-29H2,1-11H3. The van der Waals surface area contributed by atoms with Crippen molar-refractivity contribution in [1.29, 1.82) is 0 Å². The van der Waals surface area contributed by atoms with Gasteiger partial charge in [0.1, 0.15) is 11.6 Å². The van der Waals surface area contributed by atoms with Gasteiger partial charge < -0.3 is 4.74 Å². The van der Waals surface area contributed by atoms with Crippen LogP contribution in [0.15, 0.2) is 109 Å². The number of anilines is 6. The molecule has 0 unspecified atom stereocenters. The van der Waals surface area contributed by atoms with Crippen molar-refractivity contribution in [2.24, 2.45) is 0 Å². The molecule has 63 heavy (non-hydrogen) atoms. The third-order valence-electron chi connectivity index (χ3n) is 15.3. The van der Waals surface area contributed by atoms with Crippen LogP contribution in [-0.2, 0) is 27.1 Å². The number of benzene rings is 5. The van der Waals surface area contributed by atoms with E-state index in [4.69, 9.17) is 14.7 Å². The summed E-state index contributed by atoms with van der Waals surface area (Å²) in [5, 5.41) is 1.14. The summed E-state index contributed by atoms with van der Waals surface area (Å²) in [6, 6.07) is 40.4. The molecule has 0 saturated heterocycles. The zero-order chi connectivity index (χ0) is 44.0. The van der Waals surface area contributed by atoms with E-state index in [0.29, 0.717) is 11.8 Å². The van der Waals surface area contributed by atoms with Gasteiger partial charge in [0.15, 0.2) is 0 Å². The Morgan fingerprint density at radius 1 is 0.635 bits per heavy atom. The summed E-state index contributed by atoms with van der Waals surface area (Å²) in [7, 11) is 0. The van der Waals surface area contributed by atoms with E-state index in [-0.39, 0.29) is 33.8 Å². The summed E-state index contributed by atoms with van der Waals surface area (Å²) >= 11 is 1.88. The molecule has 4 aliphatic rings. The fraction of sp³-hybridized carbons (Fsp3) is 0.357. The van der Waals surface area contributed by atoms with Crippen LogP contribution in [0.5, 0.6) is 11.6 Å². The Labute approximate surface area is 378 Å². The van der Waals surface area contributed by atoms with Crippen molar-refractivity contribution < 1.29 is 4.74 Å². The normalized spacial score (nSPS) is 18.4. The highest BCUT2D eigenvalue weighted by atomic mass is 32.1. The maximum Gasteiger partial charge on any atom is 0.273 e. The van der Waals surface area contributed by atoms with E-state index in [1.807, 2.05) is 11.3 Å². The van der Waals surface area contributed by atoms with Crippen LogP contribution in [0.4, 0.5) is 34.5 Å². The maximum absolute atomic E-state index is 7.31. The Morgan fingerprint density at radius 3 is 1.81 bits per heavy atom. The molecule has 0 saturated carbocycles. The van der Waals surface area contributed by atoms with Gasteiger partial charge in [0.2, 0.25) is 11.8 Å². The molecule has 0 fully saturated rings. The second-order valence-electron chi connectivity index (χ2n) is 22.4. The molecule has 5 aromatic carbocycles. The van der Waals surface area contributed by atoms with Gasteiger partial charge in [-0.3, -0.25) is 9.80 Å². The topological polar surface area (TPSA) is 41.5 Å². The molecule has 2 aliphatic carbocycles. The van der Waals surface area contributed by atoms with Gasteiger partial charge in [-0.15, -0.1) is 11.3 Å². The number of para-hydroxylation sites is 2. The van der Waals surface area contributed by atoms with Crippen LogP contribution in [-0.4, -0.2) is 16.7 Å². The van der Waals surface area contributed by atoms with Gasteiger partial charge in [0, 0.05) is 43.1 Å². The van der Waals surface area contributed by atoms with Gasteiger partial charge >= 0.3 is 0 Å². The van der Waals surface area contributed by atoms with E-state index in [0.717, 1.165) is 58.7 Å². The lowest BCUT2D eigenvalue weighted by atomic mass is 9.37. The van der Waals surface area contributed by atoms with Crippen LogP contribution in [0.25, 0.3) is 10.1 Å². The van der Waals surface area contributed by atoms with Gasteiger partial charge in [-0.1, -0.05) is 131 Å². The van der Waals surface area contributed by atoms with Gasteiger partial charge in [-0.05, 0) is 141 Å². The molecule has 0 N–H and O–H groups in total. The average Bonchev–Trinajstić information content (AvgIpc) is 3.62. The minimum absolute atomic E-state index is 0.00884. The molecular weight excluding hydrogens is 788 g/mol. The summed E-state index contributed by atoms with van der Waals surface area (Å²) in [6.07, 6.45) is 4.59. The monoisotopic (exact) mass is 846 g/mol. The molecule has 0 radical (unpaired) electrons. The summed E-state index contributed by atoms with van der Waals surface area (Å²) in [5.74, 6) is 2.99. The largest absolute Gasteiger partial charge is 0.438 e. The lowest BCUT2D eigenvalue weighted by Gasteiger charge is -2.46.